The third-order valence-corrected chi connectivity index (χ3v) is 3.58. The van der Waals surface area contributed by atoms with Crippen LogP contribution in [0, 0.1) is 0 Å². The van der Waals surface area contributed by atoms with Crippen LogP contribution in [-0.2, 0) is 9.59 Å². The van der Waals surface area contributed by atoms with Crippen molar-refractivity contribution < 1.29 is 19.8 Å². The van der Waals surface area contributed by atoms with Crippen molar-refractivity contribution in [1.29, 1.82) is 0 Å². The summed E-state index contributed by atoms with van der Waals surface area (Å²) in [5.74, 6) is -0.912. The molecule has 114 valence electrons. The van der Waals surface area contributed by atoms with Crippen LogP contribution in [0.15, 0.2) is 18.3 Å². The van der Waals surface area contributed by atoms with Crippen LogP contribution in [0.2, 0.25) is 5.02 Å². The quantitative estimate of drug-likeness (QED) is 0.826. The molecule has 1 saturated heterocycles. The number of likely N-dealkylation sites (N-methyl/N-ethyl adjacent to an activating group) is 1. The third-order valence-electron chi connectivity index (χ3n) is 3.36. The number of aromatic nitrogens is 1. The average molecular weight is 314 g/mol. The summed E-state index contributed by atoms with van der Waals surface area (Å²) in [5.41, 5.74) is 0. The Labute approximate surface area is 126 Å². The van der Waals surface area contributed by atoms with E-state index >= 15 is 0 Å². The molecule has 21 heavy (non-hydrogen) atoms. The van der Waals surface area contributed by atoms with Crippen molar-refractivity contribution in [3.8, 4) is 0 Å². The highest BCUT2D eigenvalue weighted by Crippen LogP contribution is 2.19. The molecule has 2 N–H and O–H groups in total. The van der Waals surface area contributed by atoms with Gasteiger partial charge < -0.3 is 20.0 Å². The zero-order chi connectivity index (χ0) is 15.6. The molecule has 0 saturated carbocycles. The number of halogens is 1. The van der Waals surface area contributed by atoms with Gasteiger partial charge in [0.15, 0.2) is 0 Å². The van der Waals surface area contributed by atoms with Crippen LogP contribution in [0.5, 0.6) is 0 Å². The van der Waals surface area contributed by atoms with E-state index in [4.69, 9.17) is 16.7 Å². The number of hydrogen-bond donors (Lipinski definition) is 2. The van der Waals surface area contributed by atoms with E-state index in [1.54, 1.807) is 24.1 Å². The molecular formula is C13H16ClN3O4. The Morgan fingerprint density at radius 1 is 1.52 bits per heavy atom. The molecule has 1 aromatic heterocycles. The van der Waals surface area contributed by atoms with Gasteiger partial charge in [-0.15, -0.1) is 0 Å². The number of carbonyl (C=O) groups is 2. The summed E-state index contributed by atoms with van der Waals surface area (Å²) >= 11 is 5.75. The lowest BCUT2D eigenvalue weighted by Gasteiger charge is -2.25. The summed E-state index contributed by atoms with van der Waals surface area (Å²) in [6.45, 7) is 0.0167. The Kier molecular flexibility index (Phi) is 4.64. The Morgan fingerprint density at radius 3 is 2.81 bits per heavy atom. The second-order valence-electron chi connectivity index (χ2n) is 4.98. The molecular weight excluding hydrogens is 298 g/mol. The van der Waals surface area contributed by atoms with E-state index in [1.807, 2.05) is 0 Å². The Hall–Kier alpha value is -1.86. The minimum Gasteiger partial charge on any atom is -0.480 e. The molecule has 7 nitrogen and oxygen atoms in total. The highest BCUT2D eigenvalue weighted by atomic mass is 35.5. The van der Waals surface area contributed by atoms with Gasteiger partial charge in [-0.2, -0.15) is 0 Å². The van der Waals surface area contributed by atoms with Crippen LogP contribution < -0.4 is 4.90 Å². The number of hydrogen-bond acceptors (Lipinski definition) is 5. The summed E-state index contributed by atoms with van der Waals surface area (Å²) in [6.07, 6.45) is 0.732. The number of amides is 1. The zero-order valence-corrected chi connectivity index (χ0v) is 12.2. The Bertz CT molecular complexity index is 537. The van der Waals surface area contributed by atoms with Gasteiger partial charge in [0.05, 0.1) is 17.7 Å². The molecule has 0 spiro atoms. The first-order valence-electron chi connectivity index (χ1n) is 6.41. The molecule has 1 fully saturated rings. The Balaban J connectivity index is 2.03. The first-order chi connectivity index (χ1) is 9.88. The molecule has 0 aromatic carbocycles. The molecule has 2 rings (SSSR count). The number of β-amino-alcohol motifs (C(OH)–C–C–N with tert-alkyl or cyclic N) is 1. The lowest BCUT2D eigenvalue weighted by molar-refractivity contribution is -0.147. The molecule has 2 heterocycles. The molecule has 1 aliphatic heterocycles. The number of carboxylic acids is 1. The number of likely N-dealkylation sites (tertiary alicyclic amines) is 1. The van der Waals surface area contributed by atoms with Gasteiger partial charge in [-0.1, -0.05) is 11.6 Å². The Morgan fingerprint density at radius 2 is 2.24 bits per heavy atom. The van der Waals surface area contributed by atoms with Gasteiger partial charge in [-0.05, 0) is 12.1 Å². The molecule has 1 amide bonds. The zero-order valence-electron chi connectivity index (χ0n) is 11.4. The number of nitrogens with zero attached hydrogens (tertiary/aromatic N) is 3. The molecule has 0 bridgehead atoms. The van der Waals surface area contributed by atoms with Crippen LogP contribution in [0.4, 0.5) is 5.82 Å². The SMILES string of the molecule is CN(CC(=O)N1C[C@H](O)C[C@H]1C(=O)O)c1ccc(Cl)cn1. The number of carbonyl (C=O) groups excluding carboxylic acids is 1. The number of pyridine rings is 1. The monoisotopic (exact) mass is 313 g/mol. The fraction of sp³-hybridized carbons (Fsp3) is 0.462. The number of rotatable bonds is 4. The molecule has 1 aromatic rings. The predicted octanol–water partition coefficient (Wildman–Crippen LogP) is 0.218. The lowest BCUT2D eigenvalue weighted by Crippen LogP contribution is -2.45. The van der Waals surface area contributed by atoms with Crippen molar-refractivity contribution in [2.75, 3.05) is 25.0 Å². The summed E-state index contributed by atoms with van der Waals surface area (Å²) < 4.78 is 0. The summed E-state index contributed by atoms with van der Waals surface area (Å²) in [6, 6.07) is 2.35. The van der Waals surface area contributed by atoms with Crippen LogP contribution in [0.3, 0.4) is 0 Å². The van der Waals surface area contributed by atoms with Crippen molar-refractivity contribution >= 4 is 29.3 Å². The maximum absolute atomic E-state index is 12.2. The van der Waals surface area contributed by atoms with Crippen molar-refractivity contribution in [1.82, 2.24) is 9.88 Å². The van der Waals surface area contributed by atoms with Crippen LogP contribution in [-0.4, -0.2) is 64.3 Å². The standard InChI is InChI=1S/C13H16ClN3O4/c1-16(11-3-2-8(14)5-15-11)7-12(19)17-6-9(18)4-10(17)13(20)21/h2-3,5,9-10,18H,4,6-7H2,1H3,(H,20,21)/t9-,10+/m1/s1. The maximum atomic E-state index is 12.2. The van der Waals surface area contributed by atoms with E-state index in [2.05, 4.69) is 4.98 Å². The molecule has 0 aliphatic carbocycles. The number of carboxylic acid groups (broad SMARTS) is 1. The molecule has 1 aliphatic rings. The van der Waals surface area contributed by atoms with E-state index in [0.29, 0.717) is 10.8 Å². The first-order valence-corrected chi connectivity index (χ1v) is 6.79. The van der Waals surface area contributed by atoms with Gasteiger partial charge in [-0.3, -0.25) is 4.79 Å². The number of aliphatic carboxylic acids is 1. The van der Waals surface area contributed by atoms with Gasteiger partial charge in [0.1, 0.15) is 11.9 Å². The fourth-order valence-corrected chi connectivity index (χ4v) is 2.40. The average Bonchev–Trinajstić information content (AvgIpc) is 2.82. The largest absolute Gasteiger partial charge is 0.480 e. The number of aliphatic hydroxyl groups excluding tert-OH is 1. The van der Waals surface area contributed by atoms with Crippen LogP contribution >= 0.6 is 11.6 Å². The minimum atomic E-state index is -1.10. The van der Waals surface area contributed by atoms with E-state index in [0.717, 1.165) is 0 Å². The highest BCUT2D eigenvalue weighted by molar-refractivity contribution is 6.30. The topological polar surface area (TPSA) is 94.0 Å². The van der Waals surface area contributed by atoms with Gasteiger partial charge in [0, 0.05) is 26.2 Å². The predicted molar refractivity (Wildman–Crippen MR) is 76.3 cm³/mol. The fourth-order valence-electron chi connectivity index (χ4n) is 2.29. The van der Waals surface area contributed by atoms with Gasteiger partial charge >= 0.3 is 5.97 Å². The second kappa shape index (κ2) is 6.28. The minimum absolute atomic E-state index is 0.0227. The highest BCUT2D eigenvalue weighted by Gasteiger charge is 2.38. The summed E-state index contributed by atoms with van der Waals surface area (Å²) in [7, 11) is 1.68. The van der Waals surface area contributed by atoms with Crippen molar-refractivity contribution in [2.24, 2.45) is 0 Å². The number of aliphatic hydroxyl groups is 1. The lowest BCUT2D eigenvalue weighted by atomic mass is 10.2. The summed E-state index contributed by atoms with van der Waals surface area (Å²) in [4.78, 5) is 30.2. The molecule has 8 heteroatoms. The summed E-state index contributed by atoms with van der Waals surface area (Å²) in [5, 5.41) is 19.1. The second-order valence-corrected chi connectivity index (χ2v) is 5.42. The molecule has 0 unspecified atom stereocenters. The van der Waals surface area contributed by atoms with E-state index in [-0.39, 0.29) is 25.4 Å². The van der Waals surface area contributed by atoms with E-state index in [1.165, 1.54) is 11.1 Å². The van der Waals surface area contributed by atoms with Crippen molar-refractivity contribution in [3.05, 3.63) is 23.4 Å². The van der Waals surface area contributed by atoms with Gasteiger partial charge in [0.2, 0.25) is 5.91 Å². The van der Waals surface area contributed by atoms with Crippen molar-refractivity contribution in [2.45, 2.75) is 18.6 Å². The molecule has 0 radical (unpaired) electrons. The van der Waals surface area contributed by atoms with E-state index < -0.39 is 18.1 Å². The molecule has 2 atom stereocenters. The first kappa shape index (κ1) is 15.5. The maximum Gasteiger partial charge on any atom is 0.326 e. The van der Waals surface area contributed by atoms with Crippen LogP contribution in [0.25, 0.3) is 0 Å². The number of anilines is 1. The van der Waals surface area contributed by atoms with Crippen LogP contribution in [0.1, 0.15) is 6.42 Å². The van der Waals surface area contributed by atoms with Crippen molar-refractivity contribution in [3.63, 3.8) is 0 Å². The van der Waals surface area contributed by atoms with E-state index in [9.17, 15) is 14.7 Å². The normalized spacial score (nSPS) is 21.4. The third kappa shape index (κ3) is 3.62. The van der Waals surface area contributed by atoms with Gasteiger partial charge in [0.25, 0.3) is 0 Å². The smallest absolute Gasteiger partial charge is 0.326 e. The van der Waals surface area contributed by atoms with Gasteiger partial charge in [-0.25, -0.2) is 9.78 Å².